The molecule has 0 fully saturated rings. The van der Waals surface area contributed by atoms with Crippen LogP contribution in [-0.2, 0) is 4.79 Å². The van der Waals surface area contributed by atoms with Crippen LogP contribution in [0.5, 0.6) is 5.88 Å². The van der Waals surface area contributed by atoms with Gasteiger partial charge in [-0.05, 0) is 34.9 Å². The second kappa shape index (κ2) is 7.35. The van der Waals surface area contributed by atoms with Crippen LogP contribution in [0.2, 0.25) is 5.02 Å². The van der Waals surface area contributed by atoms with Gasteiger partial charge in [-0.3, -0.25) is 9.32 Å². The van der Waals surface area contributed by atoms with E-state index in [2.05, 4.69) is 24.6 Å². The van der Waals surface area contributed by atoms with E-state index in [9.17, 15) is 14.0 Å². The minimum atomic E-state index is -0.967. The van der Waals surface area contributed by atoms with Crippen LogP contribution >= 0.6 is 11.6 Å². The predicted octanol–water partition coefficient (Wildman–Crippen LogP) is 1.91. The Labute approximate surface area is 148 Å². The summed E-state index contributed by atoms with van der Waals surface area (Å²) >= 11 is 5.74. The van der Waals surface area contributed by atoms with Crippen LogP contribution in [0.4, 0.5) is 4.39 Å². The summed E-state index contributed by atoms with van der Waals surface area (Å²) in [7, 11) is 0. The molecule has 2 heterocycles. The van der Waals surface area contributed by atoms with E-state index in [1.54, 1.807) is 0 Å². The lowest BCUT2D eigenvalue weighted by atomic mass is 10.3. The number of ether oxygens (including phenoxy) is 1. The highest BCUT2D eigenvalue weighted by Gasteiger charge is 2.24. The molecular weight excluding hydrogens is 375 g/mol. The molecular formula is C14H10ClFN4O6. The van der Waals surface area contributed by atoms with Crippen molar-refractivity contribution in [1.29, 1.82) is 0 Å². The SMILES string of the molecule is O=C(O)CCCOc1nonc1-c1noc(=O)n1-c1ccc(F)c(Cl)c1. The van der Waals surface area contributed by atoms with Gasteiger partial charge in [0.05, 0.1) is 17.3 Å². The number of hydrogen-bond acceptors (Lipinski definition) is 8. The summed E-state index contributed by atoms with van der Waals surface area (Å²) in [5, 5.41) is 19.2. The molecule has 1 N–H and O–H groups in total. The third-order valence-corrected chi connectivity index (χ3v) is 3.50. The van der Waals surface area contributed by atoms with Gasteiger partial charge in [-0.2, -0.15) is 0 Å². The van der Waals surface area contributed by atoms with Gasteiger partial charge in [0.2, 0.25) is 11.5 Å². The third-order valence-electron chi connectivity index (χ3n) is 3.21. The van der Waals surface area contributed by atoms with Crippen LogP contribution in [0.1, 0.15) is 12.8 Å². The number of benzene rings is 1. The van der Waals surface area contributed by atoms with E-state index >= 15 is 0 Å². The molecule has 0 aliphatic carbocycles. The fourth-order valence-electron chi connectivity index (χ4n) is 2.06. The fraction of sp³-hybridized carbons (Fsp3) is 0.214. The summed E-state index contributed by atoms with van der Waals surface area (Å²) in [6.45, 7) is 0.0258. The van der Waals surface area contributed by atoms with Crippen molar-refractivity contribution >= 4 is 17.6 Å². The molecule has 0 amide bonds. The number of halogens is 2. The van der Waals surface area contributed by atoms with E-state index in [0.29, 0.717) is 0 Å². The summed E-state index contributed by atoms with van der Waals surface area (Å²) < 4.78 is 28.9. The van der Waals surface area contributed by atoms with Crippen LogP contribution in [0.25, 0.3) is 17.2 Å². The summed E-state index contributed by atoms with van der Waals surface area (Å²) in [5.41, 5.74) is 0.129. The molecule has 0 saturated heterocycles. The van der Waals surface area contributed by atoms with Crippen LogP contribution in [0.3, 0.4) is 0 Å². The smallest absolute Gasteiger partial charge is 0.446 e. The van der Waals surface area contributed by atoms with E-state index < -0.39 is 17.5 Å². The Bertz CT molecular complexity index is 997. The van der Waals surface area contributed by atoms with E-state index in [4.69, 9.17) is 21.4 Å². The first-order valence-electron chi connectivity index (χ1n) is 7.19. The Balaban J connectivity index is 1.92. The predicted molar refractivity (Wildman–Crippen MR) is 82.7 cm³/mol. The van der Waals surface area contributed by atoms with Crippen molar-refractivity contribution < 1.29 is 28.2 Å². The van der Waals surface area contributed by atoms with Crippen molar-refractivity contribution in [3.8, 4) is 23.1 Å². The van der Waals surface area contributed by atoms with Gasteiger partial charge >= 0.3 is 11.7 Å². The molecule has 0 saturated carbocycles. The monoisotopic (exact) mass is 384 g/mol. The van der Waals surface area contributed by atoms with Gasteiger partial charge in [-0.15, -0.1) is 0 Å². The normalized spacial score (nSPS) is 10.8. The number of carboxylic acid groups (broad SMARTS) is 1. The molecule has 12 heteroatoms. The molecule has 0 radical (unpaired) electrons. The lowest BCUT2D eigenvalue weighted by Crippen LogP contribution is -2.13. The highest BCUT2D eigenvalue weighted by atomic mass is 35.5. The average Bonchev–Trinajstić information content (AvgIpc) is 3.20. The first kappa shape index (κ1) is 17.6. The van der Waals surface area contributed by atoms with Gasteiger partial charge in [0.1, 0.15) is 5.82 Å². The molecule has 10 nitrogen and oxygen atoms in total. The first-order chi connectivity index (χ1) is 12.5. The Morgan fingerprint density at radius 3 is 2.88 bits per heavy atom. The van der Waals surface area contributed by atoms with Gasteiger partial charge < -0.3 is 9.84 Å². The number of carboxylic acids is 1. The summed E-state index contributed by atoms with van der Waals surface area (Å²) in [6, 6.07) is 3.58. The standard InChI is InChI=1S/C14H10ClFN4O6/c15-8-6-7(3-4-9(8)16)20-12(18-25-14(20)23)11-13(19-26-17-11)24-5-1-2-10(21)22/h3-4,6H,1-2,5H2,(H,21,22). The van der Waals surface area contributed by atoms with Crippen LogP contribution in [-0.4, -0.2) is 37.7 Å². The minimum Gasteiger partial charge on any atom is -0.481 e. The second-order valence-electron chi connectivity index (χ2n) is 4.97. The van der Waals surface area contributed by atoms with Gasteiger partial charge in [-0.1, -0.05) is 16.8 Å². The van der Waals surface area contributed by atoms with Crippen LogP contribution < -0.4 is 10.5 Å². The van der Waals surface area contributed by atoms with Gasteiger partial charge in [-0.25, -0.2) is 18.4 Å². The molecule has 3 rings (SSSR count). The number of aliphatic carboxylic acids is 1. The fourth-order valence-corrected chi connectivity index (χ4v) is 2.23. The number of hydrogen-bond donors (Lipinski definition) is 1. The van der Waals surface area contributed by atoms with Crippen molar-refractivity contribution in [2.45, 2.75) is 12.8 Å². The average molecular weight is 385 g/mol. The highest BCUT2D eigenvalue weighted by Crippen LogP contribution is 2.27. The molecule has 0 spiro atoms. The summed E-state index contributed by atoms with van der Waals surface area (Å²) in [4.78, 5) is 22.5. The summed E-state index contributed by atoms with van der Waals surface area (Å²) in [6.07, 6.45) is 0.129. The van der Waals surface area contributed by atoms with Crippen molar-refractivity contribution in [2.24, 2.45) is 0 Å². The first-order valence-corrected chi connectivity index (χ1v) is 7.57. The lowest BCUT2D eigenvalue weighted by Gasteiger charge is -2.05. The van der Waals surface area contributed by atoms with Gasteiger partial charge in [0.15, 0.2) is 0 Å². The van der Waals surface area contributed by atoms with Crippen molar-refractivity contribution in [2.75, 3.05) is 6.61 Å². The number of aromatic nitrogens is 4. The van der Waals surface area contributed by atoms with Gasteiger partial charge in [0, 0.05) is 6.42 Å². The largest absolute Gasteiger partial charge is 0.481 e. The Morgan fingerprint density at radius 1 is 1.35 bits per heavy atom. The molecule has 0 aliphatic rings. The maximum Gasteiger partial charge on any atom is 0.446 e. The van der Waals surface area contributed by atoms with Crippen LogP contribution in [0.15, 0.2) is 32.1 Å². The van der Waals surface area contributed by atoms with Crippen molar-refractivity contribution in [3.63, 3.8) is 0 Å². The third kappa shape index (κ3) is 3.57. The molecule has 1 aromatic carbocycles. The molecule has 26 heavy (non-hydrogen) atoms. The Kier molecular flexibility index (Phi) is 4.98. The molecule has 136 valence electrons. The van der Waals surface area contributed by atoms with Crippen molar-refractivity contribution in [3.05, 3.63) is 39.6 Å². The zero-order chi connectivity index (χ0) is 18.7. The topological polar surface area (TPSA) is 133 Å². The minimum absolute atomic E-state index is 0.0258. The molecule has 0 atom stereocenters. The molecule has 0 bridgehead atoms. The zero-order valence-corrected chi connectivity index (χ0v) is 13.6. The van der Waals surface area contributed by atoms with E-state index in [0.717, 1.165) is 10.6 Å². The lowest BCUT2D eigenvalue weighted by molar-refractivity contribution is -0.137. The maximum absolute atomic E-state index is 13.4. The van der Waals surface area contributed by atoms with E-state index in [-0.39, 0.29) is 47.6 Å². The van der Waals surface area contributed by atoms with Gasteiger partial charge in [0.25, 0.3) is 5.88 Å². The number of nitrogens with zero attached hydrogens (tertiary/aromatic N) is 4. The Hall–Kier alpha value is -3.21. The zero-order valence-electron chi connectivity index (χ0n) is 12.9. The maximum atomic E-state index is 13.4. The number of carbonyl (C=O) groups is 1. The van der Waals surface area contributed by atoms with E-state index in [1.807, 2.05) is 0 Å². The molecule has 0 unspecified atom stereocenters. The van der Waals surface area contributed by atoms with E-state index in [1.165, 1.54) is 12.1 Å². The number of rotatable bonds is 7. The van der Waals surface area contributed by atoms with Crippen molar-refractivity contribution in [1.82, 2.24) is 20.0 Å². The molecule has 2 aromatic heterocycles. The molecule has 3 aromatic rings. The highest BCUT2D eigenvalue weighted by molar-refractivity contribution is 6.30. The quantitative estimate of drug-likeness (QED) is 0.606. The van der Waals surface area contributed by atoms with Crippen LogP contribution in [0, 0.1) is 5.82 Å². The summed E-state index contributed by atoms with van der Waals surface area (Å²) in [5.74, 6) is -2.71. The Morgan fingerprint density at radius 2 is 2.15 bits per heavy atom. The molecule has 0 aliphatic heterocycles. The second-order valence-corrected chi connectivity index (χ2v) is 5.38.